The zero-order valence-electron chi connectivity index (χ0n) is 10.4. The number of hydrogen-bond donors (Lipinski definition) is 1. The minimum atomic E-state index is 0.487. The fourth-order valence-corrected chi connectivity index (χ4v) is 2.02. The topological polar surface area (TPSA) is 12.0 Å². The molecule has 15 heavy (non-hydrogen) atoms. The van der Waals surface area contributed by atoms with Gasteiger partial charge in [-0.3, -0.25) is 0 Å². The Morgan fingerprint density at radius 1 is 1.27 bits per heavy atom. The zero-order chi connectivity index (χ0) is 11.3. The van der Waals surface area contributed by atoms with Crippen molar-refractivity contribution in [1.82, 2.24) is 5.32 Å². The second-order valence-electron chi connectivity index (χ2n) is 4.25. The lowest BCUT2D eigenvalue weighted by Crippen LogP contribution is -2.23. The average Bonchev–Trinajstić information content (AvgIpc) is 2.30. The molecule has 0 radical (unpaired) electrons. The van der Waals surface area contributed by atoms with Gasteiger partial charge in [-0.2, -0.15) is 0 Å². The van der Waals surface area contributed by atoms with Gasteiger partial charge in [0.2, 0.25) is 0 Å². The van der Waals surface area contributed by atoms with Crippen LogP contribution in [0.1, 0.15) is 44.4 Å². The van der Waals surface area contributed by atoms with Crippen molar-refractivity contribution >= 4 is 0 Å². The molecule has 0 aliphatic rings. The summed E-state index contributed by atoms with van der Waals surface area (Å²) in [6.45, 7) is 6.76. The van der Waals surface area contributed by atoms with E-state index in [1.54, 1.807) is 0 Å². The van der Waals surface area contributed by atoms with Crippen molar-refractivity contribution in [2.24, 2.45) is 5.92 Å². The molecule has 0 amide bonds. The lowest BCUT2D eigenvalue weighted by Gasteiger charge is -2.23. The number of aryl methyl sites for hydroxylation is 1. The Morgan fingerprint density at radius 3 is 2.53 bits per heavy atom. The molecule has 0 aromatic heterocycles. The number of rotatable bonds is 5. The smallest absolute Gasteiger partial charge is 0.0343 e. The van der Waals surface area contributed by atoms with Gasteiger partial charge in [-0.05, 0) is 30.5 Å². The van der Waals surface area contributed by atoms with Gasteiger partial charge < -0.3 is 5.32 Å². The highest BCUT2D eigenvalue weighted by Crippen LogP contribution is 2.24. The molecule has 1 aromatic rings. The van der Waals surface area contributed by atoms with Crippen LogP contribution in [0.3, 0.4) is 0 Å². The molecule has 0 aliphatic heterocycles. The predicted molar refractivity (Wildman–Crippen MR) is 67.1 cm³/mol. The van der Waals surface area contributed by atoms with E-state index in [1.807, 2.05) is 0 Å². The van der Waals surface area contributed by atoms with Crippen molar-refractivity contribution in [3.63, 3.8) is 0 Å². The van der Waals surface area contributed by atoms with E-state index in [-0.39, 0.29) is 0 Å². The van der Waals surface area contributed by atoms with E-state index >= 15 is 0 Å². The van der Waals surface area contributed by atoms with Gasteiger partial charge in [-0.15, -0.1) is 0 Å². The highest BCUT2D eigenvalue weighted by atomic mass is 14.9. The highest BCUT2D eigenvalue weighted by molar-refractivity contribution is 5.26. The van der Waals surface area contributed by atoms with E-state index in [2.05, 4.69) is 57.4 Å². The van der Waals surface area contributed by atoms with Crippen molar-refractivity contribution in [1.29, 1.82) is 0 Å². The molecule has 84 valence electrons. The molecule has 2 atom stereocenters. The maximum Gasteiger partial charge on any atom is 0.0343 e. The quantitative estimate of drug-likeness (QED) is 0.775. The second-order valence-corrected chi connectivity index (χ2v) is 4.25. The summed E-state index contributed by atoms with van der Waals surface area (Å²) in [5.74, 6) is 0.683. The fraction of sp³-hybridized carbons (Fsp3) is 0.571. The van der Waals surface area contributed by atoms with Crippen molar-refractivity contribution in [3.8, 4) is 0 Å². The second kappa shape index (κ2) is 5.92. The maximum atomic E-state index is 3.42. The van der Waals surface area contributed by atoms with Gasteiger partial charge in [-0.1, -0.05) is 51.5 Å². The minimum absolute atomic E-state index is 0.487. The Kier molecular flexibility index (Phi) is 4.83. The van der Waals surface area contributed by atoms with Crippen LogP contribution >= 0.6 is 0 Å². The van der Waals surface area contributed by atoms with Crippen molar-refractivity contribution in [2.45, 2.75) is 39.7 Å². The van der Waals surface area contributed by atoms with Crippen LogP contribution in [-0.2, 0) is 6.42 Å². The molecule has 0 fully saturated rings. The van der Waals surface area contributed by atoms with Crippen molar-refractivity contribution < 1.29 is 0 Å². The van der Waals surface area contributed by atoms with Crippen molar-refractivity contribution in [2.75, 3.05) is 7.05 Å². The third kappa shape index (κ3) is 3.07. The molecular weight excluding hydrogens is 182 g/mol. The van der Waals surface area contributed by atoms with E-state index in [0.29, 0.717) is 12.0 Å². The first-order chi connectivity index (χ1) is 7.22. The molecule has 1 N–H and O–H groups in total. The Bertz CT molecular complexity index is 293. The largest absolute Gasteiger partial charge is 0.313 e. The molecule has 1 nitrogen and oxygen atoms in total. The summed E-state index contributed by atoms with van der Waals surface area (Å²) in [6.07, 6.45) is 2.33. The lowest BCUT2D eigenvalue weighted by atomic mass is 9.91. The Hall–Kier alpha value is -0.820. The van der Waals surface area contributed by atoms with Crippen LogP contribution in [-0.4, -0.2) is 7.05 Å². The SMILES string of the molecule is CCc1cccc(C(NC)C(C)CC)c1. The van der Waals surface area contributed by atoms with Gasteiger partial charge in [0, 0.05) is 6.04 Å². The summed E-state index contributed by atoms with van der Waals surface area (Å²) >= 11 is 0. The molecule has 0 aliphatic carbocycles. The molecule has 0 bridgehead atoms. The molecule has 1 heteroatoms. The first-order valence-corrected chi connectivity index (χ1v) is 5.99. The third-order valence-electron chi connectivity index (χ3n) is 3.24. The molecule has 0 heterocycles. The van der Waals surface area contributed by atoms with Crippen LogP contribution in [0.25, 0.3) is 0 Å². The van der Waals surface area contributed by atoms with Gasteiger partial charge in [0.1, 0.15) is 0 Å². The van der Waals surface area contributed by atoms with Gasteiger partial charge in [0.25, 0.3) is 0 Å². The van der Waals surface area contributed by atoms with Crippen LogP contribution in [0.2, 0.25) is 0 Å². The third-order valence-corrected chi connectivity index (χ3v) is 3.24. The first-order valence-electron chi connectivity index (χ1n) is 5.99. The monoisotopic (exact) mass is 205 g/mol. The van der Waals surface area contributed by atoms with Crippen molar-refractivity contribution in [3.05, 3.63) is 35.4 Å². The summed E-state index contributed by atoms with van der Waals surface area (Å²) in [5, 5.41) is 3.42. The number of nitrogens with one attached hydrogen (secondary N) is 1. The van der Waals surface area contributed by atoms with E-state index < -0.39 is 0 Å². The lowest BCUT2D eigenvalue weighted by molar-refractivity contribution is 0.400. The van der Waals surface area contributed by atoms with Gasteiger partial charge >= 0.3 is 0 Å². The van der Waals surface area contributed by atoms with Crippen LogP contribution < -0.4 is 5.32 Å². The van der Waals surface area contributed by atoms with Crippen LogP contribution in [0.5, 0.6) is 0 Å². The molecule has 0 spiro atoms. The summed E-state index contributed by atoms with van der Waals surface area (Å²) in [5.41, 5.74) is 2.85. The summed E-state index contributed by atoms with van der Waals surface area (Å²) < 4.78 is 0. The number of benzene rings is 1. The average molecular weight is 205 g/mol. The molecule has 0 saturated heterocycles. The molecule has 1 aromatic carbocycles. The number of hydrogen-bond acceptors (Lipinski definition) is 1. The summed E-state index contributed by atoms with van der Waals surface area (Å²) in [4.78, 5) is 0. The maximum absolute atomic E-state index is 3.42. The van der Waals surface area contributed by atoms with Gasteiger partial charge in [-0.25, -0.2) is 0 Å². The van der Waals surface area contributed by atoms with Gasteiger partial charge in [0.05, 0.1) is 0 Å². The summed E-state index contributed by atoms with van der Waals surface area (Å²) in [6, 6.07) is 9.41. The van der Waals surface area contributed by atoms with Crippen LogP contribution in [0.4, 0.5) is 0 Å². The van der Waals surface area contributed by atoms with Crippen LogP contribution in [0.15, 0.2) is 24.3 Å². The van der Waals surface area contributed by atoms with E-state index in [9.17, 15) is 0 Å². The van der Waals surface area contributed by atoms with E-state index in [0.717, 1.165) is 6.42 Å². The zero-order valence-corrected chi connectivity index (χ0v) is 10.4. The Balaban J connectivity index is 2.91. The minimum Gasteiger partial charge on any atom is -0.313 e. The molecule has 2 unspecified atom stereocenters. The predicted octanol–water partition coefficient (Wildman–Crippen LogP) is 3.56. The Labute approximate surface area is 93.9 Å². The standard InChI is InChI=1S/C14H23N/c1-5-11(3)14(15-4)13-9-7-8-12(6-2)10-13/h7-11,14-15H,5-6H2,1-4H3. The molecule has 1 rings (SSSR count). The first kappa shape index (κ1) is 12.3. The normalized spacial score (nSPS) is 14.9. The molecule has 0 saturated carbocycles. The van der Waals surface area contributed by atoms with Crippen LogP contribution in [0, 0.1) is 5.92 Å². The summed E-state index contributed by atoms with van der Waals surface area (Å²) in [7, 11) is 2.05. The molecular formula is C14H23N. The van der Waals surface area contributed by atoms with Gasteiger partial charge in [0.15, 0.2) is 0 Å². The van der Waals surface area contributed by atoms with E-state index in [1.165, 1.54) is 17.5 Å². The fourth-order valence-electron chi connectivity index (χ4n) is 2.02. The highest BCUT2D eigenvalue weighted by Gasteiger charge is 2.15. The van der Waals surface area contributed by atoms with E-state index in [4.69, 9.17) is 0 Å². The Morgan fingerprint density at radius 2 is 2.00 bits per heavy atom.